The second-order valence-electron chi connectivity index (χ2n) is 7.47. The van der Waals surface area contributed by atoms with Crippen LogP contribution < -0.4 is 5.32 Å². The molecule has 5 heteroatoms. The molecule has 5 nitrogen and oxygen atoms in total. The lowest BCUT2D eigenvalue weighted by Gasteiger charge is -2.39. The number of aromatic nitrogens is 1. The van der Waals surface area contributed by atoms with Gasteiger partial charge in [0.25, 0.3) is 5.91 Å². The molecular weight excluding hydrogens is 326 g/mol. The average Bonchev–Trinajstić information content (AvgIpc) is 2.99. The first-order valence-corrected chi connectivity index (χ1v) is 9.14. The van der Waals surface area contributed by atoms with Crippen molar-refractivity contribution in [3.63, 3.8) is 0 Å². The summed E-state index contributed by atoms with van der Waals surface area (Å²) in [5, 5.41) is 3.23. The van der Waals surface area contributed by atoms with Crippen LogP contribution in [0.4, 0.5) is 0 Å². The maximum Gasteiger partial charge on any atom is 0.253 e. The van der Waals surface area contributed by atoms with Crippen molar-refractivity contribution in [1.29, 1.82) is 0 Å². The van der Waals surface area contributed by atoms with Crippen molar-refractivity contribution in [3.8, 4) is 0 Å². The summed E-state index contributed by atoms with van der Waals surface area (Å²) >= 11 is 0. The highest BCUT2D eigenvalue weighted by atomic mass is 16.2. The zero-order valence-corrected chi connectivity index (χ0v) is 14.9. The fourth-order valence-corrected chi connectivity index (χ4v) is 4.09. The van der Waals surface area contributed by atoms with Crippen molar-refractivity contribution in [2.45, 2.75) is 37.6 Å². The van der Waals surface area contributed by atoms with Crippen LogP contribution in [0.25, 0.3) is 0 Å². The Hall–Kier alpha value is -2.69. The van der Waals surface area contributed by atoms with Gasteiger partial charge in [0, 0.05) is 36.6 Å². The molecule has 2 aliphatic rings. The van der Waals surface area contributed by atoms with E-state index in [9.17, 15) is 9.59 Å². The highest BCUT2D eigenvalue weighted by molar-refractivity contribution is 5.94. The Morgan fingerprint density at radius 2 is 1.77 bits per heavy atom. The molecular formula is C21H23N3O2. The van der Waals surface area contributed by atoms with E-state index in [1.54, 1.807) is 12.4 Å². The van der Waals surface area contributed by atoms with Crippen molar-refractivity contribution >= 4 is 11.8 Å². The van der Waals surface area contributed by atoms with Crippen LogP contribution in [0, 0.1) is 6.92 Å². The monoisotopic (exact) mass is 349 g/mol. The fourth-order valence-electron chi connectivity index (χ4n) is 4.09. The lowest BCUT2D eigenvalue weighted by atomic mass is 9.82. The number of likely N-dealkylation sites (tertiary alicyclic amines) is 1. The van der Waals surface area contributed by atoms with E-state index in [4.69, 9.17) is 0 Å². The number of nitrogens with one attached hydrogen (secondary N) is 1. The van der Waals surface area contributed by atoms with Crippen LogP contribution in [0.5, 0.6) is 0 Å². The Bertz CT molecular complexity index is 809. The number of piperidine rings is 1. The molecule has 2 saturated heterocycles. The van der Waals surface area contributed by atoms with Gasteiger partial charge in [0.05, 0.1) is 5.92 Å². The van der Waals surface area contributed by atoms with Crippen molar-refractivity contribution in [1.82, 2.24) is 15.2 Å². The minimum Gasteiger partial charge on any atom is -0.350 e. The number of nitrogens with zero attached hydrogens (tertiary/aromatic N) is 2. The molecule has 2 aliphatic heterocycles. The highest BCUT2D eigenvalue weighted by Crippen LogP contribution is 2.39. The maximum atomic E-state index is 12.7. The van der Waals surface area contributed by atoms with Gasteiger partial charge >= 0.3 is 0 Å². The molecule has 3 heterocycles. The number of aryl methyl sites for hydroxylation is 1. The molecule has 4 rings (SSSR count). The standard InChI is InChI=1S/C21H23N3O2/c1-15-2-4-17(5-3-15)20(26)24-12-8-21(9-13-24)14-18(19(25)23-21)16-6-10-22-11-7-16/h2-7,10-11,18H,8-9,12-14H2,1H3,(H,23,25)/t18-/m1/s1. The molecule has 0 bridgehead atoms. The Labute approximate surface area is 153 Å². The van der Waals surface area contributed by atoms with Gasteiger partial charge in [-0.2, -0.15) is 0 Å². The number of carbonyl (C=O) groups is 2. The average molecular weight is 349 g/mol. The Balaban J connectivity index is 1.43. The van der Waals surface area contributed by atoms with Crippen LogP contribution in [-0.2, 0) is 4.79 Å². The topological polar surface area (TPSA) is 62.3 Å². The van der Waals surface area contributed by atoms with Gasteiger partial charge in [0.2, 0.25) is 5.91 Å². The maximum absolute atomic E-state index is 12.7. The summed E-state index contributed by atoms with van der Waals surface area (Å²) in [5.41, 5.74) is 2.72. The summed E-state index contributed by atoms with van der Waals surface area (Å²) in [4.78, 5) is 31.1. The van der Waals surface area contributed by atoms with E-state index in [2.05, 4.69) is 10.3 Å². The van der Waals surface area contributed by atoms with Crippen LogP contribution in [0.1, 0.15) is 46.7 Å². The van der Waals surface area contributed by atoms with Gasteiger partial charge in [-0.05, 0) is 56.0 Å². The van der Waals surface area contributed by atoms with Crippen LogP contribution in [0.3, 0.4) is 0 Å². The zero-order chi connectivity index (χ0) is 18.1. The molecule has 26 heavy (non-hydrogen) atoms. The van der Waals surface area contributed by atoms with Gasteiger partial charge in [-0.15, -0.1) is 0 Å². The molecule has 2 amide bonds. The SMILES string of the molecule is Cc1ccc(C(=O)N2CCC3(CC2)C[C@H](c2ccncc2)C(=O)N3)cc1. The molecule has 0 radical (unpaired) electrons. The number of benzene rings is 1. The summed E-state index contributed by atoms with van der Waals surface area (Å²) in [6, 6.07) is 11.5. The van der Waals surface area contributed by atoms with Gasteiger partial charge in [-0.1, -0.05) is 17.7 Å². The smallest absolute Gasteiger partial charge is 0.253 e. The van der Waals surface area contributed by atoms with E-state index < -0.39 is 0 Å². The molecule has 1 spiro atoms. The van der Waals surface area contributed by atoms with E-state index in [1.165, 1.54) is 0 Å². The third kappa shape index (κ3) is 3.09. The molecule has 0 saturated carbocycles. The molecule has 1 aromatic carbocycles. The molecule has 1 N–H and O–H groups in total. The number of hydrogen-bond acceptors (Lipinski definition) is 3. The molecule has 2 aromatic rings. The first-order chi connectivity index (χ1) is 12.6. The summed E-state index contributed by atoms with van der Waals surface area (Å²) in [7, 11) is 0. The first kappa shape index (κ1) is 16.8. The molecule has 0 aliphatic carbocycles. The van der Waals surface area contributed by atoms with Crippen molar-refractivity contribution < 1.29 is 9.59 Å². The number of carbonyl (C=O) groups excluding carboxylic acids is 2. The van der Waals surface area contributed by atoms with Gasteiger partial charge in [-0.3, -0.25) is 14.6 Å². The van der Waals surface area contributed by atoms with E-state index in [0.29, 0.717) is 13.1 Å². The Kier molecular flexibility index (Phi) is 4.23. The second-order valence-corrected chi connectivity index (χ2v) is 7.47. The number of pyridine rings is 1. The summed E-state index contributed by atoms with van der Waals surface area (Å²) in [5.74, 6) is 0.0571. The molecule has 2 fully saturated rings. The highest BCUT2D eigenvalue weighted by Gasteiger charge is 2.46. The minimum absolute atomic E-state index is 0.0786. The Morgan fingerprint density at radius 1 is 1.12 bits per heavy atom. The van der Waals surface area contributed by atoms with Crippen LogP contribution in [-0.4, -0.2) is 40.3 Å². The number of hydrogen-bond donors (Lipinski definition) is 1. The predicted molar refractivity (Wildman–Crippen MR) is 98.8 cm³/mol. The molecule has 134 valence electrons. The normalized spacial score (nSPS) is 21.7. The van der Waals surface area contributed by atoms with E-state index in [1.807, 2.05) is 48.2 Å². The largest absolute Gasteiger partial charge is 0.350 e. The number of rotatable bonds is 2. The van der Waals surface area contributed by atoms with Crippen LogP contribution in [0.2, 0.25) is 0 Å². The Morgan fingerprint density at radius 3 is 2.42 bits per heavy atom. The predicted octanol–water partition coefficient (Wildman–Crippen LogP) is 2.67. The van der Waals surface area contributed by atoms with E-state index >= 15 is 0 Å². The lowest BCUT2D eigenvalue weighted by molar-refractivity contribution is -0.121. The van der Waals surface area contributed by atoms with Gasteiger partial charge in [0.1, 0.15) is 0 Å². The summed E-state index contributed by atoms with van der Waals surface area (Å²) in [6.07, 6.45) is 5.87. The van der Waals surface area contributed by atoms with Crippen molar-refractivity contribution in [2.75, 3.05) is 13.1 Å². The second kappa shape index (κ2) is 6.56. The lowest BCUT2D eigenvalue weighted by Crippen LogP contribution is -2.52. The van der Waals surface area contributed by atoms with Gasteiger partial charge < -0.3 is 10.2 Å². The third-order valence-electron chi connectivity index (χ3n) is 5.71. The quantitative estimate of drug-likeness (QED) is 0.907. The van der Waals surface area contributed by atoms with E-state index in [-0.39, 0.29) is 23.3 Å². The minimum atomic E-state index is -0.185. The number of amides is 2. The summed E-state index contributed by atoms with van der Waals surface area (Å²) < 4.78 is 0. The summed E-state index contributed by atoms with van der Waals surface area (Å²) in [6.45, 7) is 3.37. The first-order valence-electron chi connectivity index (χ1n) is 9.14. The van der Waals surface area contributed by atoms with Crippen LogP contribution >= 0.6 is 0 Å². The van der Waals surface area contributed by atoms with Gasteiger partial charge in [0.15, 0.2) is 0 Å². The van der Waals surface area contributed by atoms with Crippen molar-refractivity contribution in [2.24, 2.45) is 0 Å². The molecule has 0 unspecified atom stereocenters. The van der Waals surface area contributed by atoms with Crippen LogP contribution in [0.15, 0.2) is 48.8 Å². The van der Waals surface area contributed by atoms with Gasteiger partial charge in [-0.25, -0.2) is 0 Å². The molecule has 1 atom stereocenters. The zero-order valence-electron chi connectivity index (χ0n) is 14.9. The molecule has 1 aromatic heterocycles. The van der Waals surface area contributed by atoms with E-state index in [0.717, 1.165) is 36.0 Å². The third-order valence-corrected chi connectivity index (χ3v) is 5.71. The van der Waals surface area contributed by atoms with Crippen molar-refractivity contribution in [3.05, 3.63) is 65.5 Å². The fraction of sp³-hybridized carbons (Fsp3) is 0.381.